The molecule has 0 aromatic heterocycles. The number of hydrogen-bond acceptors (Lipinski definition) is 3. The molecule has 0 aromatic rings. The highest BCUT2D eigenvalue weighted by molar-refractivity contribution is 5.66. The summed E-state index contributed by atoms with van der Waals surface area (Å²) in [5, 5.41) is 19.3. The fourth-order valence-corrected chi connectivity index (χ4v) is 2.73. The summed E-state index contributed by atoms with van der Waals surface area (Å²) in [6.07, 6.45) is 17.7. The summed E-state index contributed by atoms with van der Waals surface area (Å²) in [4.78, 5) is 10.3. The van der Waals surface area contributed by atoms with Gasteiger partial charge in [0, 0.05) is 12.8 Å². The van der Waals surface area contributed by atoms with Gasteiger partial charge in [-0.15, -0.1) is 0 Å². The standard InChI is InChI=1S/C16H32O2.C5H14N2O/c1-2-3-4-5-6-7-8-9-10-11-12-13-14-15-16(17)18;1-4-5(6)7(2,3)8/h2-15H2,1H3,(H,17,18);5H,4,6H2,1-3H3. The van der Waals surface area contributed by atoms with E-state index in [0.717, 1.165) is 19.3 Å². The first-order valence-electron chi connectivity index (χ1n) is 10.8. The van der Waals surface area contributed by atoms with Crippen molar-refractivity contribution in [3.05, 3.63) is 5.21 Å². The van der Waals surface area contributed by atoms with Crippen molar-refractivity contribution in [1.82, 2.24) is 0 Å². The zero-order valence-corrected chi connectivity index (χ0v) is 18.0. The normalized spacial score (nSPS) is 12.4. The zero-order valence-electron chi connectivity index (χ0n) is 18.0. The Labute approximate surface area is 162 Å². The Hall–Kier alpha value is -0.650. The number of nitrogens with zero attached hydrogens (tertiary/aromatic N) is 1. The molecule has 158 valence electrons. The second-order valence-corrected chi connectivity index (χ2v) is 7.80. The van der Waals surface area contributed by atoms with Crippen molar-refractivity contribution in [1.29, 1.82) is 0 Å². The Kier molecular flexibility index (Phi) is 20.3. The van der Waals surface area contributed by atoms with Crippen LogP contribution in [0.15, 0.2) is 0 Å². The third kappa shape index (κ3) is 23.4. The summed E-state index contributed by atoms with van der Waals surface area (Å²) in [7, 11) is 3.10. The minimum Gasteiger partial charge on any atom is -0.632 e. The number of unbranched alkanes of at least 4 members (excludes halogenated alkanes) is 12. The largest absolute Gasteiger partial charge is 0.632 e. The predicted octanol–water partition coefficient (Wildman–Crippen LogP) is 5.81. The van der Waals surface area contributed by atoms with Crippen molar-refractivity contribution in [3.8, 4) is 0 Å². The molecule has 0 spiro atoms. The lowest BCUT2D eigenvalue weighted by molar-refractivity contribution is -0.866. The van der Waals surface area contributed by atoms with E-state index >= 15 is 0 Å². The van der Waals surface area contributed by atoms with Gasteiger partial charge in [-0.1, -0.05) is 90.9 Å². The first-order valence-corrected chi connectivity index (χ1v) is 10.8. The maximum Gasteiger partial charge on any atom is 0.303 e. The Morgan fingerprint density at radius 2 is 1.19 bits per heavy atom. The molecule has 3 N–H and O–H groups in total. The lowest BCUT2D eigenvalue weighted by atomic mass is 10.0. The average Bonchev–Trinajstić information content (AvgIpc) is 2.57. The summed E-state index contributed by atoms with van der Waals surface area (Å²) >= 11 is 0. The van der Waals surface area contributed by atoms with Crippen LogP contribution in [0.25, 0.3) is 0 Å². The lowest BCUT2D eigenvalue weighted by Gasteiger charge is -2.38. The van der Waals surface area contributed by atoms with E-state index < -0.39 is 10.6 Å². The third-order valence-electron chi connectivity index (χ3n) is 4.71. The number of quaternary nitrogens is 1. The number of aliphatic carboxylic acids is 1. The van der Waals surface area contributed by atoms with Gasteiger partial charge in [0.05, 0.1) is 14.1 Å². The van der Waals surface area contributed by atoms with Gasteiger partial charge in [0.25, 0.3) is 0 Å². The fourth-order valence-electron chi connectivity index (χ4n) is 2.73. The Balaban J connectivity index is 0. The first-order chi connectivity index (χ1) is 12.3. The van der Waals surface area contributed by atoms with Crippen LogP contribution in [0.5, 0.6) is 0 Å². The first kappa shape index (κ1) is 27.6. The van der Waals surface area contributed by atoms with E-state index in [2.05, 4.69) is 6.92 Å². The maximum absolute atomic E-state index is 10.8. The highest BCUT2D eigenvalue weighted by Crippen LogP contribution is 2.12. The molecular weight excluding hydrogens is 328 g/mol. The van der Waals surface area contributed by atoms with Crippen LogP contribution in [0.3, 0.4) is 0 Å². The Morgan fingerprint density at radius 1 is 0.846 bits per heavy atom. The van der Waals surface area contributed by atoms with Crippen LogP contribution in [0.1, 0.15) is 110 Å². The molecule has 5 nitrogen and oxygen atoms in total. The maximum atomic E-state index is 10.8. The third-order valence-corrected chi connectivity index (χ3v) is 4.71. The van der Waals surface area contributed by atoms with Crippen molar-refractivity contribution >= 4 is 5.97 Å². The van der Waals surface area contributed by atoms with Crippen LogP contribution in [0, 0.1) is 5.21 Å². The predicted molar refractivity (Wildman–Crippen MR) is 112 cm³/mol. The van der Waals surface area contributed by atoms with Crippen LogP contribution >= 0.6 is 0 Å². The number of carbonyl (C=O) groups is 1. The van der Waals surface area contributed by atoms with Crippen molar-refractivity contribution < 1.29 is 14.5 Å². The van der Waals surface area contributed by atoms with E-state index in [9.17, 15) is 10.0 Å². The molecule has 0 fully saturated rings. The lowest BCUT2D eigenvalue weighted by Crippen LogP contribution is -2.48. The van der Waals surface area contributed by atoms with Gasteiger partial charge in [0.1, 0.15) is 6.17 Å². The number of rotatable bonds is 16. The molecule has 26 heavy (non-hydrogen) atoms. The number of hydroxylamine groups is 3. The van der Waals surface area contributed by atoms with Gasteiger partial charge >= 0.3 is 5.97 Å². The van der Waals surface area contributed by atoms with Crippen molar-refractivity contribution in [3.63, 3.8) is 0 Å². The molecule has 0 aromatic carbocycles. The molecule has 0 aliphatic carbocycles. The molecule has 0 aliphatic rings. The van der Waals surface area contributed by atoms with Crippen molar-refractivity contribution in [2.45, 2.75) is 116 Å². The minimum atomic E-state index is -0.655. The van der Waals surface area contributed by atoms with Crippen LogP contribution in [0.2, 0.25) is 0 Å². The molecule has 0 rings (SSSR count). The summed E-state index contributed by atoms with van der Waals surface area (Å²) in [5.74, 6) is -0.655. The molecule has 0 aliphatic heterocycles. The van der Waals surface area contributed by atoms with Gasteiger partial charge in [-0.2, -0.15) is 0 Å². The molecule has 1 atom stereocenters. The van der Waals surface area contributed by atoms with E-state index in [0.29, 0.717) is 6.42 Å². The smallest absolute Gasteiger partial charge is 0.303 e. The summed E-state index contributed by atoms with van der Waals surface area (Å²) in [5.41, 5.74) is 5.41. The van der Waals surface area contributed by atoms with Crippen molar-refractivity contribution in [2.24, 2.45) is 5.73 Å². The molecule has 1 unspecified atom stereocenters. The second-order valence-electron chi connectivity index (χ2n) is 7.80. The van der Waals surface area contributed by atoms with Crippen LogP contribution in [-0.2, 0) is 4.79 Å². The molecule has 0 heterocycles. The van der Waals surface area contributed by atoms with Gasteiger partial charge in [-0.3, -0.25) is 10.5 Å². The summed E-state index contributed by atoms with van der Waals surface area (Å²) in [6.45, 7) is 4.17. The SMILES string of the molecule is CCC(N)[N+](C)(C)[O-].CCCCCCCCCCCCCCCC(=O)O. The van der Waals surface area contributed by atoms with Crippen LogP contribution < -0.4 is 5.73 Å². The zero-order chi connectivity index (χ0) is 20.3. The van der Waals surface area contributed by atoms with Crippen LogP contribution in [-0.4, -0.2) is 36.0 Å². The van der Waals surface area contributed by atoms with E-state index in [4.69, 9.17) is 10.8 Å². The van der Waals surface area contributed by atoms with E-state index in [1.807, 2.05) is 6.92 Å². The van der Waals surface area contributed by atoms with E-state index in [1.165, 1.54) is 70.6 Å². The molecular formula is C21H46N2O3. The van der Waals surface area contributed by atoms with E-state index in [1.54, 1.807) is 14.1 Å². The molecule has 0 bridgehead atoms. The highest BCUT2D eigenvalue weighted by atomic mass is 16.5. The number of nitrogens with two attached hydrogens (primary N) is 1. The second kappa shape index (κ2) is 19.1. The minimum absolute atomic E-state index is 0.269. The Morgan fingerprint density at radius 3 is 1.42 bits per heavy atom. The highest BCUT2D eigenvalue weighted by Gasteiger charge is 2.10. The molecule has 0 saturated heterocycles. The van der Waals surface area contributed by atoms with Crippen LogP contribution in [0.4, 0.5) is 0 Å². The molecule has 0 radical (unpaired) electrons. The fraction of sp³-hybridized carbons (Fsp3) is 0.952. The van der Waals surface area contributed by atoms with E-state index in [-0.39, 0.29) is 6.17 Å². The Bertz CT molecular complexity index is 304. The summed E-state index contributed by atoms with van der Waals surface area (Å²) < 4.78 is -0.392. The van der Waals surface area contributed by atoms with Crippen molar-refractivity contribution in [2.75, 3.05) is 14.1 Å². The van der Waals surface area contributed by atoms with Gasteiger partial charge in [0.2, 0.25) is 0 Å². The number of carboxylic acids is 1. The van der Waals surface area contributed by atoms with Gasteiger partial charge in [-0.05, 0) is 6.42 Å². The monoisotopic (exact) mass is 374 g/mol. The van der Waals surface area contributed by atoms with Gasteiger partial charge < -0.3 is 15.0 Å². The number of hydrogen-bond donors (Lipinski definition) is 2. The quantitative estimate of drug-likeness (QED) is 0.154. The number of carboxylic acid groups (broad SMARTS) is 1. The topological polar surface area (TPSA) is 86.4 Å². The molecule has 0 saturated carbocycles. The molecule has 0 amide bonds. The van der Waals surface area contributed by atoms with Gasteiger partial charge in [-0.25, -0.2) is 0 Å². The molecule has 5 heteroatoms. The average molecular weight is 375 g/mol. The summed E-state index contributed by atoms with van der Waals surface area (Å²) in [6, 6.07) is 0. The van der Waals surface area contributed by atoms with Gasteiger partial charge in [0.15, 0.2) is 0 Å².